The van der Waals surface area contributed by atoms with E-state index in [9.17, 15) is 0 Å². The fraction of sp³-hybridized carbons (Fsp3) is 0.200. The van der Waals surface area contributed by atoms with Crippen LogP contribution in [0.5, 0.6) is 11.5 Å². The first kappa shape index (κ1) is 13.6. The van der Waals surface area contributed by atoms with Gasteiger partial charge in [-0.05, 0) is 12.1 Å². The maximum atomic E-state index is 5.77. The van der Waals surface area contributed by atoms with Crippen molar-refractivity contribution < 1.29 is 9.47 Å². The van der Waals surface area contributed by atoms with Crippen molar-refractivity contribution in [1.82, 2.24) is 14.8 Å². The maximum Gasteiger partial charge on any atom is 0.161 e. The monoisotopic (exact) mass is 301 g/mol. The highest BCUT2D eigenvalue weighted by atomic mass is 32.1. The molecule has 3 aromatic rings. The van der Waals surface area contributed by atoms with E-state index in [1.54, 1.807) is 23.1 Å². The molecule has 2 aromatic heterocycles. The summed E-state index contributed by atoms with van der Waals surface area (Å²) in [5, 5.41) is 7.10. The minimum absolute atomic E-state index is 0.414. The molecule has 0 aliphatic rings. The SMILES string of the molecule is COc1ccccc1OCc1csc(-c2cnn(C)c2)n1. The average molecular weight is 301 g/mol. The normalized spacial score (nSPS) is 10.6. The zero-order valence-electron chi connectivity index (χ0n) is 11.8. The summed E-state index contributed by atoms with van der Waals surface area (Å²) in [6.07, 6.45) is 3.76. The van der Waals surface area contributed by atoms with E-state index in [-0.39, 0.29) is 0 Å². The second-order valence-corrected chi connectivity index (χ2v) is 5.34. The van der Waals surface area contributed by atoms with E-state index in [0.29, 0.717) is 6.61 Å². The summed E-state index contributed by atoms with van der Waals surface area (Å²) in [7, 11) is 3.52. The Bertz CT molecular complexity index is 736. The lowest BCUT2D eigenvalue weighted by Crippen LogP contribution is -1.97. The molecule has 0 N–H and O–H groups in total. The number of ether oxygens (including phenoxy) is 2. The lowest BCUT2D eigenvalue weighted by atomic mass is 10.3. The van der Waals surface area contributed by atoms with Gasteiger partial charge in [-0.25, -0.2) is 4.98 Å². The van der Waals surface area contributed by atoms with Gasteiger partial charge < -0.3 is 9.47 Å². The highest BCUT2D eigenvalue weighted by molar-refractivity contribution is 7.13. The van der Waals surface area contributed by atoms with Gasteiger partial charge >= 0.3 is 0 Å². The molecular weight excluding hydrogens is 286 g/mol. The highest BCUT2D eigenvalue weighted by Gasteiger charge is 2.08. The first-order valence-electron chi connectivity index (χ1n) is 6.45. The van der Waals surface area contributed by atoms with E-state index in [1.807, 2.05) is 49.1 Å². The Morgan fingerprint density at radius 2 is 2.05 bits per heavy atom. The average Bonchev–Trinajstić information content (AvgIpc) is 3.14. The lowest BCUT2D eigenvalue weighted by molar-refractivity contribution is 0.281. The predicted octanol–water partition coefficient (Wildman–Crippen LogP) is 3.13. The molecule has 0 aliphatic heterocycles. The topological polar surface area (TPSA) is 49.2 Å². The number of hydrogen-bond donors (Lipinski definition) is 0. The Morgan fingerprint density at radius 1 is 1.24 bits per heavy atom. The first-order chi connectivity index (χ1) is 10.3. The molecule has 0 saturated heterocycles. The molecule has 0 bridgehead atoms. The van der Waals surface area contributed by atoms with Crippen molar-refractivity contribution in [2.24, 2.45) is 7.05 Å². The van der Waals surface area contributed by atoms with E-state index >= 15 is 0 Å². The smallest absolute Gasteiger partial charge is 0.161 e. The summed E-state index contributed by atoms with van der Waals surface area (Å²) < 4.78 is 12.8. The van der Waals surface area contributed by atoms with Crippen LogP contribution in [0.3, 0.4) is 0 Å². The molecule has 0 saturated carbocycles. The van der Waals surface area contributed by atoms with E-state index < -0.39 is 0 Å². The quantitative estimate of drug-likeness (QED) is 0.726. The van der Waals surface area contributed by atoms with Crippen molar-refractivity contribution in [3.8, 4) is 22.1 Å². The third-order valence-corrected chi connectivity index (χ3v) is 3.89. The standard InChI is InChI=1S/C15H15N3O2S/c1-18-8-11(7-16-18)15-17-12(10-21-15)9-20-14-6-4-3-5-13(14)19-2/h3-8,10H,9H2,1-2H3. The van der Waals surface area contributed by atoms with Crippen molar-refractivity contribution in [1.29, 1.82) is 0 Å². The van der Waals surface area contributed by atoms with Gasteiger partial charge in [-0.15, -0.1) is 11.3 Å². The Hall–Kier alpha value is -2.34. The summed E-state index contributed by atoms with van der Waals surface area (Å²) in [6.45, 7) is 0.414. The number of aromatic nitrogens is 3. The van der Waals surface area contributed by atoms with Crippen LogP contribution in [0.4, 0.5) is 0 Å². The van der Waals surface area contributed by atoms with Crippen LogP contribution in [0.2, 0.25) is 0 Å². The van der Waals surface area contributed by atoms with Crippen LogP contribution < -0.4 is 9.47 Å². The molecule has 0 unspecified atom stereocenters. The molecule has 0 atom stereocenters. The van der Waals surface area contributed by atoms with E-state index in [0.717, 1.165) is 27.8 Å². The second-order valence-electron chi connectivity index (χ2n) is 4.49. The van der Waals surface area contributed by atoms with E-state index in [4.69, 9.17) is 9.47 Å². The van der Waals surface area contributed by atoms with Crippen molar-refractivity contribution in [2.45, 2.75) is 6.61 Å². The lowest BCUT2D eigenvalue weighted by Gasteiger charge is -2.08. The van der Waals surface area contributed by atoms with Crippen LogP contribution in [-0.4, -0.2) is 21.9 Å². The first-order valence-corrected chi connectivity index (χ1v) is 7.33. The summed E-state index contributed by atoms with van der Waals surface area (Å²) >= 11 is 1.59. The van der Waals surface area contributed by atoms with Crippen molar-refractivity contribution in [3.05, 3.63) is 47.7 Å². The number of methoxy groups -OCH3 is 1. The summed E-state index contributed by atoms with van der Waals surface area (Å²) in [4.78, 5) is 4.56. The fourth-order valence-corrected chi connectivity index (χ4v) is 2.71. The van der Waals surface area contributed by atoms with E-state index in [1.165, 1.54) is 0 Å². The number of benzene rings is 1. The minimum atomic E-state index is 0.414. The third-order valence-electron chi connectivity index (χ3n) is 2.95. The van der Waals surface area contributed by atoms with Crippen LogP contribution in [0.1, 0.15) is 5.69 Å². The van der Waals surface area contributed by atoms with Crippen LogP contribution in [-0.2, 0) is 13.7 Å². The molecule has 0 fully saturated rings. The molecule has 0 aliphatic carbocycles. The number of nitrogens with zero attached hydrogens (tertiary/aromatic N) is 3. The highest BCUT2D eigenvalue weighted by Crippen LogP contribution is 2.28. The maximum absolute atomic E-state index is 5.77. The summed E-state index contributed by atoms with van der Waals surface area (Å²) in [6, 6.07) is 7.58. The van der Waals surface area contributed by atoms with Gasteiger partial charge in [-0.2, -0.15) is 5.10 Å². The molecule has 2 heterocycles. The van der Waals surface area contributed by atoms with Gasteiger partial charge in [0.15, 0.2) is 11.5 Å². The molecule has 3 rings (SSSR count). The van der Waals surface area contributed by atoms with E-state index in [2.05, 4.69) is 10.1 Å². The number of thiazole rings is 1. The van der Waals surface area contributed by atoms with Gasteiger partial charge in [-0.3, -0.25) is 4.68 Å². The van der Waals surface area contributed by atoms with Gasteiger partial charge in [0, 0.05) is 24.2 Å². The molecule has 108 valence electrons. The number of hydrogen-bond acceptors (Lipinski definition) is 5. The Morgan fingerprint density at radius 3 is 2.76 bits per heavy atom. The molecule has 5 nitrogen and oxygen atoms in total. The van der Waals surface area contributed by atoms with Crippen molar-refractivity contribution in [3.63, 3.8) is 0 Å². The molecule has 0 radical (unpaired) electrons. The van der Waals surface area contributed by atoms with Crippen LogP contribution in [0.25, 0.3) is 10.6 Å². The largest absolute Gasteiger partial charge is 0.493 e. The molecule has 0 spiro atoms. The fourth-order valence-electron chi connectivity index (χ4n) is 1.93. The number of aryl methyl sites for hydroxylation is 1. The van der Waals surface area contributed by atoms with Crippen LogP contribution in [0.15, 0.2) is 42.0 Å². The van der Waals surface area contributed by atoms with Gasteiger partial charge in [0.25, 0.3) is 0 Å². The Balaban J connectivity index is 1.70. The Labute approximate surface area is 126 Å². The van der Waals surface area contributed by atoms with Crippen molar-refractivity contribution in [2.75, 3.05) is 7.11 Å². The van der Waals surface area contributed by atoms with Gasteiger partial charge in [0.2, 0.25) is 0 Å². The zero-order chi connectivity index (χ0) is 14.7. The van der Waals surface area contributed by atoms with Gasteiger partial charge in [0.05, 0.1) is 19.0 Å². The molecule has 21 heavy (non-hydrogen) atoms. The Kier molecular flexibility index (Phi) is 3.87. The number of rotatable bonds is 5. The molecule has 1 aromatic carbocycles. The van der Waals surface area contributed by atoms with Crippen LogP contribution in [0, 0.1) is 0 Å². The molecule has 0 amide bonds. The molecular formula is C15H15N3O2S. The predicted molar refractivity (Wildman–Crippen MR) is 81.6 cm³/mol. The second kappa shape index (κ2) is 5.97. The zero-order valence-corrected chi connectivity index (χ0v) is 12.6. The number of para-hydroxylation sites is 2. The van der Waals surface area contributed by atoms with Gasteiger partial charge in [-0.1, -0.05) is 12.1 Å². The van der Waals surface area contributed by atoms with Crippen LogP contribution >= 0.6 is 11.3 Å². The van der Waals surface area contributed by atoms with Crippen molar-refractivity contribution >= 4 is 11.3 Å². The third kappa shape index (κ3) is 3.05. The summed E-state index contributed by atoms with van der Waals surface area (Å²) in [5.41, 5.74) is 1.91. The summed E-state index contributed by atoms with van der Waals surface area (Å²) in [5.74, 6) is 1.44. The minimum Gasteiger partial charge on any atom is -0.493 e. The van der Waals surface area contributed by atoms with Gasteiger partial charge in [0.1, 0.15) is 11.6 Å². The molecule has 6 heteroatoms.